The Bertz CT molecular complexity index is 4860. The van der Waals surface area contributed by atoms with Crippen LogP contribution in [0.4, 0.5) is 58.4 Å². The molecule has 0 saturated carbocycles. The number of carbonyl (C=O) groups is 3. The summed E-state index contributed by atoms with van der Waals surface area (Å²) >= 11 is 17.6. The van der Waals surface area contributed by atoms with E-state index in [9.17, 15) is 72.2 Å². The molecule has 1 saturated heterocycles. The summed E-state index contributed by atoms with van der Waals surface area (Å²) in [5, 5.41) is 31.7. The number of alkyl halides is 9. The van der Waals surface area contributed by atoms with Gasteiger partial charge < -0.3 is 24.7 Å². The molecule has 3 unspecified atom stereocenters. The number of rotatable bonds is 20. The number of hydrogen-bond donors (Lipinski definition) is 1. The number of amides is 1. The number of carbonyl (C=O) groups excluding carboxylic acids is 3. The van der Waals surface area contributed by atoms with Crippen LogP contribution in [0, 0.1) is 38.2 Å². The number of benzene rings is 3. The predicted molar refractivity (Wildman–Crippen MR) is 354 cm³/mol. The van der Waals surface area contributed by atoms with Crippen LogP contribution in [0.25, 0.3) is 50.8 Å². The van der Waals surface area contributed by atoms with Crippen LogP contribution < -0.4 is 34.5 Å². The van der Waals surface area contributed by atoms with E-state index in [2.05, 4.69) is 30.6 Å². The molecule has 9 aromatic heterocycles. The van der Waals surface area contributed by atoms with Crippen LogP contribution in [0.3, 0.4) is 0 Å². The second-order valence-electron chi connectivity index (χ2n) is 23.6. The molecule has 0 spiro atoms. The van der Waals surface area contributed by atoms with Gasteiger partial charge in [-0.1, -0.05) is 66.3 Å². The predicted octanol–water partition coefficient (Wildman–Crippen LogP) is 14.3. The van der Waals surface area contributed by atoms with Crippen LogP contribution in [0.2, 0.25) is 15.1 Å². The van der Waals surface area contributed by atoms with Gasteiger partial charge in [-0.05, 0) is 113 Å². The minimum Gasteiger partial charge on any atom is -1.00 e. The van der Waals surface area contributed by atoms with Crippen molar-refractivity contribution in [3.63, 3.8) is 0 Å². The van der Waals surface area contributed by atoms with Crippen molar-refractivity contribution in [2.45, 2.75) is 103 Å². The first-order valence-corrected chi connectivity index (χ1v) is 32.5. The average Bonchev–Trinajstić information content (AvgIpc) is 1.60. The van der Waals surface area contributed by atoms with E-state index in [0.717, 1.165) is 14.0 Å². The maximum absolute atomic E-state index is 13.9. The maximum Gasteiger partial charge on any atom is 1.00 e. The Hall–Kier alpha value is -9.44. The van der Waals surface area contributed by atoms with Gasteiger partial charge in [0.25, 0.3) is 5.91 Å². The monoisotopic (exact) mass is 1540 g/mol. The van der Waals surface area contributed by atoms with Gasteiger partial charge in [0.2, 0.25) is 0 Å². The van der Waals surface area contributed by atoms with Crippen molar-refractivity contribution in [3.8, 4) is 50.8 Å². The third-order valence-corrected chi connectivity index (χ3v) is 18.2. The molecule has 13 rings (SSSR count). The minimum absolute atomic E-state index is 0. The van der Waals surface area contributed by atoms with E-state index in [1.54, 1.807) is 36.4 Å². The summed E-state index contributed by atoms with van der Waals surface area (Å²) in [6.45, 7) is 5.68. The van der Waals surface area contributed by atoms with E-state index in [0.29, 0.717) is 74.1 Å². The molecule has 0 aliphatic carbocycles. The summed E-state index contributed by atoms with van der Waals surface area (Å²) in [7, 11) is 0. The molecule has 12 aromatic rings. The number of ketones is 2. The van der Waals surface area contributed by atoms with Gasteiger partial charge in [-0.3, -0.25) is 28.4 Å². The number of furan rings is 3. The molecule has 1 N–H and O–H groups in total. The summed E-state index contributed by atoms with van der Waals surface area (Å²) in [4.78, 5) is 41.6. The number of anilines is 1. The van der Waals surface area contributed by atoms with Crippen LogP contribution in [-0.4, -0.2) is 94.4 Å². The van der Waals surface area contributed by atoms with E-state index in [4.69, 9.17) is 48.1 Å². The third kappa shape index (κ3) is 16.5. The fraction of sp³-hybridized carbons (Fsp3) is 0.261. The van der Waals surface area contributed by atoms with Crippen molar-refractivity contribution in [2.75, 3.05) is 18.1 Å². The first kappa shape index (κ1) is 78.2. The van der Waals surface area contributed by atoms with Crippen LogP contribution >= 0.6 is 34.8 Å². The Labute approximate surface area is 626 Å². The van der Waals surface area contributed by atoms with Crippen LogP contribution in [0.15, 0.2) is 160 Å². The van der Waals surface area contributed by atoms with Gasteiger partial charge in [0.1, 0.15) is 41.3 Å². The number of Topliss-reactive ketones (excluding diaryl/α,β-unsaturated/α-hetero) is 2. The molecule has 1 aliphatic rings. The van der Waals surface area contributed by atoms with Gasteiger partial charge in [-0.2, -0.15) is 70.1 Å². The minimum atomic E-state index is -4.81. The first-order chi connectivity index (χ1) is 49.4. The van der Waals surface area contributed by atoms with Crippen LogP contribution in [0.5, 0.6) is 0 Å². The molecule has 3 aromatic carbocycles. The van der Waals surface area contributed by atoms with Crippen LogP contribution in [-0.2, 0) is 45.8 Å². The second kappa shape index (κ2) is 32.1. The summed E-state index contributed by atoms with van der Waals surface area (Å²) in [5.41, 5.74) is 2.13. The molecule has 3 atom stereocenters. The van der Waals surface area contributed by atoms with Gasteiger partial charge in [-0.25, -0.2) is 27.2 Å². The molecular formula is C69H57Cl3F12N13NaO7. The zero-order valence-corrected chi connectivity index (χ0v) is 59.9. The number of hydrogen-bond acceptors (Lipinski definition) is 13. The van der Waals surface area contributed by atoms with Crippen molar-refractivity contribution < 1.29 is 116 Å². The zero-order chi connectivity index (χ0) is 74.9. The van der Waals surface area contributed by atoms with E-state index < -0.39 is 105 Å². The molecule has 20 nitrogen and oxygen atoms in total. The van der Waals surface area contributed by atoms with Gasteiger partial charge in [0.15, 0.2) is 28.6 Å². The summed E-state index contributed by atoms with van der Waals surface area (Å²) in [6, 6.07) is 19.1. The quantitative estimate of drug-likeness (QED) is 0.0555. The van der Waals surface area contributed by atoms with Gasteiger partial charge >= 0.3 is 48.1 Å². The molecule has 1 fully saturated rings. The van der Waals surface area contributed by atoms with Crippen molar-refractivity contribution >= 4 is 58.0 Å². The SMILES string of the molecule is CCCC(C(=O)Cc1cnn(-c2cccc(F)c2)c1-c1ccoc1)n1nc(C(F)(F)F)c(Cl)c1C.Cc1c(Cl)c(C(F)(F)F)nn1C(CCO)C(=O)Cc1cnn(-c2cccc(F)c2)c1-c1ccoc1.Cc1c(Cl)c(C(F)(F)F)nn1C1CCN(c2cnn(-c3cccc(F)c3)c2-c2ccoc2)C1=O.[H-].[Na+]. The molecular weight excluding hydrogens is 1480 g/mol. The average molecular weight is 1540 g/mol. The Kier molecular flexibility index (Phi) is 23.9. The van der Waals surface area contributed by atoms with E-state index in [1.807, 2.05) is 6.92 Å². The van der Waals surface area contributed by atoms with Crippen molar-refractivity contribution in [1.29, 1.82) is 0 Å². The topological polar surface area (TPSA) is 221 Å². The fourth-order valence-corrected chi connectivity index (χ4v) is 12.7. The summed E-state index contributed by atoms with van der Waals surface area (Å²) in [5.74, 6) is -2.73. The van der Waals surface area contributed by atoms with E-state index in [-0.39, 0.29) is 92.5 Å². The number of aromatic nitrogens is 12. The molecule has 0 radical (unpaired) electrons. The summed E-state index contributed by atoms with van der Waals surface area (Å²) < 4.78 is 184. The standard InChI is InChI=1S/C24H21ClF4N4O2.C23H19ClF4N4O3.C22H16ClF4N5O2.Na.H/c1-3-5-19(32-14(2)21(25)23(31-32)24(27,28)29)20(34)10-16-12-30-33(18-7-4-6-17(26)11-18)22(16)15-8-9-35-13-15;1-13-20(24)22(23(26,27)28)30-31(13)18(5-7-33)19(34)9-15-11-29-32(17-4-2-3-16(25)10-17)21(15)14-6-8-35-12-14;1-12-18(23)20(22(25,26)27)29-31(12)16-5-7-30(21(16)33)17-10-28-32(15-4-2-3-14(24)9-15)19(17)13-6-8-34-11-13;;/h4,6-9,11-13,19H,3,5,10H2,1-2H3;2-4,6,8,10-12,18,33H,5,7,9H2,1H3;2-4,6,8-11,16H,5,7H2,1H3;;/q;;;+1;-1. The molecule has 1 amide bonds. The normalized spacial score (nSPS) is 13.9. The first-order valence-electron chi connectivity index (χ1n) is 31.4. The molecule has 546 valence electrons. The fourth-order valence-electron chi connectivity index (χ4n) is 12.0. The molecule has 36 heteroatoms. The maximum atomic E-state index is 13.9. The number of nitrogens with zero attached hydrogens (tertiary/aromatic N) is 13. The van der Waals surface area contributed by atoms with Gasteiger partial charge in [0.05, 0.1) is 122 Å². The largest absolute Gasteiger partial charge is 1.00 e. The number of aliphatic hydroxyl groups excluding tert-OH is 1. The van der Waals surface area contributed by atoms with Crippen molar-refractivity contribution in [1.82, 2.24) is 58.7 Å². The molecule has 10 heterocycles. The molecule has 105 heavy (non-hydrogen) atoms. The Morgan fingerprint density at radius 2 is 0.943 bits per heavy atom. The van der Waals surface area contributed by atoms with E-state index in [1.165, 1.54) is 150 Å². The smallest absolute Gasteiger partial charge is 1.00 e. The van der Waals surface area contributed by atoms with Crippen molar-refractivity contribution in [2.24, 2.45) is 0 Å². The molecule has 0 bridgehead atoms. The Morgan fingerprint density at radius 3 is 1.30 bits per heavy atom. The second-order valence-corrected chi connectivity index (χ2v) is 24.7. The van der Waals surface area contributed by atoms with Crippen molar-refractivity contribution in [3.05, 3.63) is 225 Å². The Balaban J connectivity index is 0.000000182. The zero-order valence-electron chi connectivity index (χ0n) is 56.6. The van der Waals surface area contributed by atoms with E-state index >= 15 is 0 Å². The summed E-state index contributed by atoms with van der Waals surface area (Å²) in [6.07, 6.45) is -0.786. The number of halogens is 15. The van der Waals surface area contributed by atoms with Crippen LogP contribution in [0.1, 0.15) is 97.4 Å². The Morgan fingerprint density at radius 1 is 0.562 bits per heavy atom. The third-order valence-electron chi connectivity index (χ3n) is 16.8. The molecule has 1 aliphatic heterocycles. The number of aliphatic hydroxyl groups is 1. The van der Waals surface area contributed by atoms with Gasteiger partial charge in [0, 0.05) is 53.8 Å². The van der Waals surface area contributed by atoms with Gasteiger partial charge in [-0.15, -0.1) is 0 Å².